The summed E-state index contributed by atoms with van der Waals surface area (Å²) in [5.41, 5.74) is 10.6. The Labute approximate surface area is 251 Å². The summed E-state index contributed by atoms with van der Waals surface area (Å²) >= 11 is 0. The second-order valence-electron chi connectivity index (χ2n) is 11.5. The second-order valence-corrected chi connectivity index (χ2v) is 11.5. The Morgan fingerprint density at radius 1 is 1.25 bits per heavy atom. The third kappa shape index (κ3) is 4.80. The molecule has 4 aromatic rings. The Hall–Kier alpha value is -5.00. The fraction of sp³-hybridized carbons (Fsp3) is 0.355. The van der Waals surface area contributed by atoms with Crippen LogP contribution in [0.2, 0.25) is 0 Å². The number of halogens is 1. The van der Waals surface area contributed by atoms with Crippen molar-refractivity contribution in [1.29, 1.82) is 0 Å². The summed E-state index contributed by atoms with van der Waals surface area (Å²) in [6.07, 6.45) is 10.2. The fourth-order valence-corrected chi connectivity index (χ4v) is 6.68. The molecule has 2 fully saturated rings. The molecule has 44 heavy (non-hydrogen) atoms. The molecule has 12 nitrogen and oxygen atoms in total. The minimum absolute atomic E-state index is 0.0377. The standard InChI is InChI=1S/C31H30FN9O3/c1-39-11-2-3-20(39)6-8-36-31(43)22-17-41-25-5-4-19(37-38-33)13-26(25)44-30-27(41)21(29(22)42)14-23(32)28(30)40-12-7-18(16-40)24-15-34-9-10-35-24/h4-5,9-10,13-15,17-18,20H,2-3,6-8,11-12,16H2,1H3,(H,36,43). The third-order valence-corrected chi connectivity index (χ3v) is 8.93. The van der Waals surface area contributed by atoms with Crippen LogP contribution in [-0.2, 0) is 0 Å². The summed E-state index contributed by atoms with van der Waals surface area (Å²) in [5.74, 6) is -0.640. The van der Waals surface area contributed by atoms with E-state index in [9.17, 15) is 9.59 Å². The number of fused-ring (bicyclic) bond motifs is 2. The van der Waals surface area contributed by atoms with Crippen molar-refractivity contribution < 1.29 is 13.9 Å². The highest BCUT2D eigenvalue weighted by Crippen LogP contribution is 2.48. The molecule has 0 spiro atoms. The first-order chi connectivity index (χ1) is 21.4. The van der Waals surface area contributed by atoms with Crippen molar-refractivity contribution >= 4 is 28.2 Å². The smallest absolute Gasteiger partial charge is 0.256 e. The average molecular weight is 596 g/mol. The van der Waals surface area contributed by atoms with Gasteiger partial charge >= 0.3 is 0 Å². The van der Waals surface area contributed by atoms with Gasteiger partial charge in [-0.05, 0) is 63.0 Å². The number of amides is 1. The number of nitrogens with zero attached hydrogens (tertiary/aromatic N) is 8. The number of hydrogen-bond donors (Lipinski definition) is 1. The minimum atomic E-state index is -0.632. The molecular formula is C31H30FN9O3. The van der Waals surface area contributed by atoms with Gasteiger partial charge in [-0.3, -0.25) is 19.6 Å². The Kier molecular flexibility index (Phi) is 7.11. The molecule has 3 aliphatic rings. The summed E-state index contributed by atoms with van der Waals surface area (Å²) < 4.78 is 24.2. The largest absolute Gasteiger partial charge is 0.451 e. The summed E-state index contributed by atoms with van der Waals surface area (Å²) in [6, 6.07) is 6.45. The molecule has 7 rings (SSSR count). The second kappa shape index (κ2) is 11.3. The van der Waals surface area contributed by atoms with Gasteiger partial charge in [0.1, 0.15) is 16.8 Å². The van der Waals surface area contributed by atoms with Gasteiger partial charge in [-0.1, -0.05) is 11.2 Å². The van der Waals surface area contributed by atoms with Gasteiger partial charge in [-0.2, -0.15) is 0 Å². The first kappa shape index (κ1) is 27.8. The normalized spacial score (nSPS) is 19.0. The summed E-state index contributed by atoms with van der Waals surface area (Å²) in [6.45, 7) is 2.46. The van der Waals surface area contributed by atoms with Gasteiger partial charge in [0.2, 0.25) is 5.43 Å². The van der Waals surface area contributed by atoms with Crippen LogP contribution in [0.25, 0.3) is 27.0 Å². The van der Waals surface area contributed by atoms with Gasteiger partial charge in [0, 0.05) is 67.0 Å². The highest BCUT2D eigenvalue weighted by Gasteiger charge is 2.34. The van der Waals surface area contributed by atoms with Gasteiger partial charge in [0.15, 0.2) is 17.3 Å². The first-order valence-electron chi connectivity index (χ1n) is 14.7. The maximum Gasteiger partial charge on any atom is 0.256 e. The molecule has 5 heterocycles. The highest BCUT2D eigenvalue weighted by molar-refractivity contribution is 6.01. The number of anilines is 1. The molecular weight excluding hydrogens is 565 g/mol. The van der Waals surface area contributed by atoms with Crippen LogP contribution in [0.1, 0.15) is 47.7 Å². The molecule has 2 unspecified atom stereocenters. The first-order valence-corrected chi connectivity index (χ1v) is 14.7. The molecule has 3 aliphatic heterocycles. The SMILES string of the molecule is CN1CCCC1CCNC(=O)c1cn2c3c(c(N4CCC(c5cnccn5)C4)c(F)cc3c1=O)Oc1cc(N=[N+]=[N-])ccc1-2. The molecule has 2 aromatic heterocycles. The number of aromatic nitrogens is 3. The zero-order valence-electron chi connectivity index (χ0n) is 24.1. The zero-order chi connectivity index (χ0) is 30.4. The molecule has 0 aliphatic carbocycles. The van der Waals surface area contributed by atoms with Crippen molar-refractivity contribution in [1.82, 2.24) is 24.8 Å². The number of nitrogens with one attached hydrogen (secondary N) is 1. The number of ether oxygens (including phenoxy) is 1. The Bertz CT molecular complexity index is 1890. The molecule has 2 saturated heterocycles. The van der Waals surface area contributed by atoms with Crippen LogP contribution in [0.5, 0.6) is 11.5 Å². The van der Waals surface area contributed by atoms with Crippen LogP contribution in [0, 0.1) is 5.82 Å². The number of azide groups is 1. The van der Waals surface area contributed by atoms with Crippen molar-refractivity contribution in [2.75, 3.05) is 38.1 Å². The quantitative estimate of drug-likeness (QED) is 0.155. The lowest BCUT2D eigenvalue weighted by Gasteiger charge is -2.29. The lowest BCUT2D eigenvalue weighted by atomic mass is 10.0. The van der Waals surface area contributed by atoms with E-state index in [2.05, 4.69) is 37.3 Å². The monoisotopic (exact) mass is 595 g/mol. The van der Waals surface area contributed by atoms with E-state index in [1.807, 2.05) is 4.90 Å². The highest BCUT2D eigenvalue weighted by atomic mass is 19.1. The summed E-state index contributed by atoms with van der Waals surface area (Å²) in [7, 11) is 2.07. The predicted octanol–water partition coefficient (Wildman–Crippen LogP) is 5.18. The number of pyridine rings is 1. The van der Waals surface area contributed by atoms with E-state index in [0.717, 1.165) is 37.9 Å². The molecule has 0 saturated carbocycles. The van der Waals surface area contributed by atoms with Gasteiger partial charge in [0.05, 0.1) is 16.8 Å². The molecule has 224 valence electrons. The van der Waals surface area contributed by atoms with Crippen LogP contribution >= 0.6 is 0 Å². The fourth-order valence-electron chi connectivity index (χ4n) is 6.68. The number of rotatable bonds is 7. The number of carbonyl (C=O) groups excluding carboxylic acids is 1. The van der Waals surface area contributed by atoms with Crippen molar-refractivity contribution in [2.45, 2.75) is 37.6 Å². The van der Waals surface area contributed by atoms with Crippen LogP contribution in [0.4, 0.5) is 15.8 Å². The van der Waals surface area contributed by atoms with Gasteiger partial charge in [-0.15, -0.1) is 0 Å². The maximum absolute atomic E-state index is 16.1. The van der Waals surface area contributed by atoms with E-state index < -0.39 is 17.2 Å². The Balaban J connectivity index is 1.31. The van der Waals surface area contributed by atoms with Crippen molar-refractivity contribution in [3.63, 3.8) is 0 Å². The van der Waals surface area contributed by atoms with E-state index >= 15 is 4.39 Å². The Morgan fingerprint density at radius 3 is 2.91 bits per heavy atom. The number of benzene rings is 2. The number of hydrogen-bond acceptors (Lipinski definition) is 8. The lowest BCUT2D eigenvalue weighted by molar-refractivity contribution is 0.0949. The van der Waals surface area contributed by atoms with E-state index in [4.69, 9.17) is 10.3 Å². The Morgan fingerprint density at radius 2 is 2.14 bits per heavy atom. The van der Waals surface area contributed by atoms with Crippen molar-refractivity contribution in [3.8, 4) is 17.2 Å². The zero-order valence-corrected chi connectivity index (χ0v) is 24.1. The van der Waals surface area contributed by atoms with Crippen LogP contribution in [-0.4, -0.2) is 64.6 Å². The van der Waals surface area contributed by atoms with Crippen molar-refractivity contribution in [3.05, 3.63) is 86.8 Å². The van der Waals surface area contributed by atoms with E-state index in [0.29, 0.717) is 48.3 Å². The molecule has 0 radical (unpaired) electrons. The molecule has 13 heteroatoms. The van der Waals surface area contributed by atoms with Crippen LogP contribution < -0.4 is 20.4 Å². The average Bonchev–Trinajstić information content (AvgIpc) is 3.68. The van der Waals surface area contributed by atoms with Crippen LogP contribution in [0.15, 0.2) is 59.0 Å². The van der Waals surface area contributed by atoms with Crippen molar-refractivity contribution in [2.24, 2.45) is 5.11 Å². The van der Waals surface area contributed by atoms with Gasteiger partial charge in [-0.25, -0.2) is 4.39 Å². The maximum atomic E-state index is 16.1. The molecule has 1 amide bonds. The van der Waals surface area contributed by atoms with E-state index in [1.165, 1.54) is 12.3 Å². The van der Waals surface area contributed by atoms with Gasteiger partial charge < -0.3 is 24.4 Å². The lowest BCUT2D eigenvalue weighted by Crippen LogP contribution is -2.34. The molecule has 2 aromatic carbocycles. The predicted molar refractivity (Wildman–Crippen MR) is 163 cm³/mol. The topological polar surface area (TPSA) is 141 Å². The molecule has 0 bridgehead atoms. The summed E-state index contributed by atoms with van der Waals surface area (Å²) in [4.78, 5) is 42.8. The van der Waals surface area contributed by atoms with E-state index in [1.54, 1.807) is 41.4 Å². The third-order valence-electron chi connectivity index (χ3n) is 8.93. The number of carbonyl (C=O) groups is 1. The van der Waals surface area contributed by atoms with E-state index in [-0.39, 0.29) is 28.3 Å². The summed E-state index contributed by atoms with van der Waals surface area (Å²) in [5, 5.41) is 6.63. The van der Waals surface area contributed by atoms with Crippen LogP contribution in [0.3, 0.4) is 0 Å². The number of likely N-dealkylation sites (tertiary alicyclic amines) is 1. The molecule has 1 N–H and O–H groups in total. The molecule has 2 atom stereocenters. The van der Waals surface area contributed by atoms with Gasteiger partial charge in [0.25, 0.3) is 5.91 Å². The minimum Gasteiger partial charge on any atom is -0.451 e.